The van der Waals surface area contributed by atoms with Crippen LogP contribution >= 0.6 is 0 Å². The Morgan fingerprint density at radius 1 is 1.20 bits per heavy atom. The van der Waals surface area contributed by atoms with Crippen LogP contribution in [-0.4, -0.2) is 70.6 Å². The van der Waals surface area contributed by atoms with Crippen molar-refractivity contribution >= 4 is 16.1 Å². The lowest BCUT2D eigenvalue weighted by molar-refractivity contribution is 0.173. The number of nitrogens with one attached hydrogen (secondary N) is 1. The highest BCUT2D eigenvalue weighted by atomic mass is 32.2. The number of carbonyl (C=O) groups is 1. The summed E-state index contributed by atoms with van der Waals surface area (Å²) in [6.45, 7) is 5.05. The number of hydrogen-bond acceptors (Lipinski definition) is 5. The van der Waals surface area contributed by atoms with Gasteiger partial charge in [0.15, 0.2) is 11.5 Å². The van der Waals surface area contributed by atoms with Gasteiger partial charge in [0, 0.05) is 38.8 Å². The Kier molecular flexibility index (Phi) is 6.27. The molecule has 1 aromatic carbocycles. The van der Waals surface area contributed by atoms with E-state index in [1.807, 2.05) is 0 Å². The number of rotatable bonds is 6. The van der Waals surface area contributed by atoms with Crippen molar-refractivity contribution in [2.24, 2.45) is 0 Å². The first kappa shape index (κ1) is 19.1. The number of methoxy groups -OCH3 is 2. The minimum absolute atomic E-state index is 0.134. The van der Waals surface area contributed by atoms with Crippen LogP contribution in [-0.2, 0) is 10.0 Å². The number of urea groups is 1. The smallest absolute Gasteiger partial charge is 0.317 e. The Hall–Kier alpha value is -2.26. The Morgan fingerprint density at radius 2 is 1.84 bits per heavy atom. The van der Waals surface area contributed by atoms with Gasteiger partial charge in [-0.15, -0.1) is 6.58 Å². The maximum absolute atomic E-state index is 12.8. The minimum Gasteiger partial charge on any atom is -0.493 e. The second-order valence-electron chi connectivity index (χ2n) is 5.38. The second kappa shape index (κ2) is 8.21. The predicted octanol–water partition coefficient (Wildman–Crippen LogP) is 0.906. The molecule has 0 bridgehead atoms. The number of ether oxygens (including phenoxy) is 2. The standard InChI is InChI=1S/C16H23N3O5S/c1-4-7-17-16(20)18-8-10-19(11-9-18)25(21,22)13-5-6-14(23-2)15(12-13)24-3/h4-6,12H,1,7-11H2,2-3H3,(H,17,20). The average molecular weight is 369 g/mol. The normalized spacial score (nSPS) is 15.5. The van der Waals surface area contributed by atoms with Crippen molar-refractivity contribution in [3.8, 4) is 11.5 Å². The number of sulfonamides is 1. The molecule has 1 saturated heterocycles. The van der Waals surface area contributed by atoms with Gasteiger partial charge < -0.3 is 19.7 Å². The Balaban J connectivity index is 2.09. The lowest BCUT2D eigenvalue weighted by Gasteiger charge is -2.34. The number of benzene rings is 1. The molecule has 0 aromatic heterocycles. The molecule has 2 amide bonds. The highest BCUT2D eigenvalue weighted by molar-refractivity contribution is 7.89. The van der Waals surface area contributed by atoms with Crippen LogP contribution in [0.5, 0.6) is 11.5 Å². The molecule has 2 rings (SSSR count). The molecule has 0 spiro atoms. The van der Waals surface area contributed by atoms with E-state index in [4.69, 9.17) is 9.47 Å². The van der Waals surface area contributed by atoms with E-state index >= 15 is 0 Å². The zero-order chi connectivity index (χ0) is 18.4. The van der Waals surface area contributed by atoms with Gasteiger partial charge in [0.2, 0.25) is 10.0 Å². The van der Waals surface area contributed by atoms with E-state index in [1.165, 1.54) is 30.7 Å². The molecule has 1 aliphatic rings. The predicted molar refractivity (Wildman–Crippen MR) is 93.5 cm³/mol. The molecular formula is C16H23N3O5S. The second-order valence-corrected chi connectivity index (χ2v) is 7.32. The molecule has 0 unspecified atom stereocenters. The van der Waals surface area contributed by atoms with Gasteiger partial charge in [-0.2, -0.15) is 4.31 Å². The summed E-state index contributed by atoms with van der Waals surface area (Å²) >= 11 is 0. The number of piperazine rings is 1. The molecule has 1 heterocycles. The van der Waals surface area contributed by atoms with Crippen LogP contribution < -0.4 is 14.8 Å². The van der Waals surface area contributed by atoms with Gasteiger partial charge in [-0.3, -0.25) is 0 Å². The fourth-order valence-electron chi connectivity index (χ4n) is 2.53. The number of nitrogens with zero attached hydrogens (tertiary/aromatic N) is 2. The maximum atomic E-state index is 12.8. The molecule has 0 radical (unpaired) electrons. The fraction of sp³-hybridized carbons (Fsp3) is 0.438. The topological polar surface area (TPSA) is 88.2 Å². The third kappa shape index (κ3) is 4.23. The zero-order valence-electron chi connectivity index (χ0n) is 14.4. The van der Waals surface area contributed by atoms with E-state index in [0.29, 0.717) is 31.1 Å². The average Bonchev–Trinajstić information content (AvgIpc) is 2.65. The summed E-state index contributed by atoms with van der Waals surface area (Å²) in [5.41, 5.74) is 0. The number of hydrogen-bond donors (Lipinski definition) is 1. The molecule has 0 saturated carbocycles. The summed E-state index contributed by atoms with van der Waals surface area (Å²) in [5, 5.41) is 2.69. The molecular weight excluding hydrogens is 346 g/mol. The van der Waals surface area contributed by atoms with Crippen LogP contribution in [0, 0.1) is 0 Å². The third-order valence-corrected chi connectivity index (χ3v) is 5.81. The molecule has 1 N–H and O–H groups in total. The summed E-state index contributed by atoms with van der Waals surface area (Å²) in [5.74, 6) is 0.816. The zero-order valence-corrected chi connectivity index (χ0v) is 15.2. The van der Waals surface area contributed by atoms with Gasteiger partial charge >= 0.3 is 6.03 Å². The SMILES string of the molecule is C=CCNC(=O)N1CCN(S(=O)(=O)c2ccc(OC)c(OC)c2)CC1. The summed E-state index contributed by atoms with van der Waals surface area (Å²) in [4.78, 5) is 13.6. The quantitative estimate of drug-likeness (QED) is 0.753. The lowest BCUT2D eigenvalue weighted by Crippen LogP contribution is -2.53. The first-order chi connectivity index (χ1) is 11.9. The van der Waals surface area contributed by atoms with E-state index < -0.39 is 10.0 Å². The summed E-state index contributed by atoms with van der Waals surface area (Å²) in [7, 11) is -0.720. The highest BCUT2D eigenvalue weighted by Crippen LogP contribution is 2.30. The van der Waals surface area contributed by atoms with Crippen LogP contribution in [0.4, 0.5) is 4.79 Å². The van der Waals surface area contributed by atoms with Crippen molar-refractivity contribution in [3.63, 3.8) is 0 Å². The summed E-state index contributed by atoms with van der Waals surface area (Å²) < 4.78 is 37.3. The lowest BCUT2D eigenvalue weighted by atomic mass is 10.3. The van der Waals surface area contributed by atoms with Gasteiger partial charge in [0.1, 0.15) is 0 Å². The van der Waals surface area contributed by atoms with Crippen molar-refractivity contribution < 1.29 is 22.7 Å². The van der Waals surface area contributed by atoms with Crippen molar-refractivity contribution in [3.05, 3.63) is 30.9 Å². The minimum atomic E-state index is -3.66. The van der Waals surface area contributed by atoms with Gasteiger partial charge in [-0.25, -0.2) is 13.2 Å². The number of amides is 2. The van der Waals surface area contributed by atoms with Crippen LogP contribution in [0.25, 0.3) is 0 Å². The molecule has 138 valence electrons. The van der Waals surface area contributed by atoms with E-state index in [2.05, 4.69) is 11.9 Å². The monoisotopic (exact) mass is 369 g/mol. The molecule has 0 atom stereocenters. The van der Waals surface area contributed by atoms with Gasteiger partial charge in [-0.05, 0) is 12.1 Å². The van der Waals surface area contributed by atoms with Crippen LogP contribution in [0.3, 0.4) is 0 Å². The molecule has 1 fully saturated rings. The van der Waals surface area contributed by atoms with Gasteiger partial charge in [-0.1, -0.05) is 6.08 Å². The first-order valence-electron chi connectivity index (χ1n) is 7.80. The molecule has 1 aliphatic heterocycles. The van der Waals surface area contributed by atoms with Crippen LogP contribution in [0.2, 0.25) is 0 Å². The Labute approximate surface area is 148 Å². The molecule has 8 nitrogen and oxygen atoms in total. The summed E-state index contributed by atoms with van der Waals surface area (Å²) in [6, 6.07) is 4.27. The molecule has 1 aromatic rings. The van der Waals surface area contributed by atoms with Crippen LogP contribution in [0.15, 0.2) is 35.7 Å². The Bertz CT molecular complexity index is 727. The fourth-order valence-corrected chi connectivity index (χ4v) is 3.97. The largest absolute Gasteiger partial charge is 0.493 e. The third-order valence-electron chi connectivity index (χ3n) is 3.92. The first-order valence-corrected chi connectivity index (χ1v) is 9.24. The van der Waals surface area contributed by atoms with Crippen molar-refractivity contribution in [1.82, 2.24) is 14.5 Å². The Morgan fingerprint density at radius 3 is 2.40 bits per heavy atom. The van der Waals surface area contributed by atoms with Crippen molar-refractivity contribution in [2.75, 3.05) is 46.9 Å². The number of carbonyl (C=O) groups excluding carboxylic acids is 1. The van der Waals surface area contributed by atoms with E-state index in [1.54, 1.807) is 17.0 Å². The van der Waals surface area contributed by atoms with E-state index in [0.717, 1.165) is 0 Å². The molecule has 9 heteroatoms. The van der Waals surface area contributed by atoms with E-state index in [9.17, 15) is 13.2 Å². The van der Waals surface area contributed by atoms with Crippen molar-refractivity contribution in [1.29, 1.82) is 0 Å². The van der Waals surface area contributed by atoms with Crippen LogP contribution in [0.1, 0.15) is 0 Å². The van der Waals surface area contributed by atoms with Crippen molar-refractivity contribution in [2.45, 2.75) is 4.90 Å². The summed E-state index contributed by atoms with van der Waals surface area (Å²) in [6.07, 6.45) is 1.59. The van der Waals surface area contributed by atoms with E-state index in [-0.39, 0.29) is 24.0 Å². The van der Waals surface area contributed by atoms with Gasteiger partial charge in [0.05, 0.1) is 19.1 Å². The van der Waals surface area contributed by atoms with Gasteiger partial charge in [0.25, 0.3) is 0 Å². The maximum Gasteiger partial charge on any atom is 0.317 e. The molecule has 0 aliphatic carbocycles. The molecule has 25 heavy (non-hydrogen) atoms. The highest BCUT2D eigenvalue weighted by Gasteiger charge is 2.30.